The second-order valence-electron chi connectivity index (χ2n) is 3.91. The van der Waals surface area contributed by atoms with Crippen LogP contribution in [0.4, 0.5) is 4.39 Å². The Kier molecular flexibility index (Phi) is 4.22. The molecular formula is C15H13FO2S. The van der Waals surface area contributed by atoms with E-state index in [0.717, 1.165) is 4.90 Å². The van der Waals surface area contributed by atoms with Gasteiger partial charge in [-0.25, -0.2) is 4.39 Å². The van der Waals surface area contributed by atoms with Crippen LogP contribution in [0.25, 0.3) is 0 Å². The molecule has 2 rings (SSSR count). The lowest BCUT2D eigenvalue weighted by Crippen LogP contribution is -2.02. The third-order valence-corrected chi connectivity index (χ3v) is 3.47. The molecule has 0 fully saturated rings. The monoisotopic (exact) mass is 276 g/mol. The van der Waals surface area contributed by atoms with Crippen molar-refractivity contribution in [2.75, 3.05) is 13.4 Å². The first-order chi connectivity index (χ1) is 9.15. The lowest BCUT2D eigenvalue weighted by molar-refractivity contribution is 0.103. The minimum absolute atomic E-state index is 0.0758. The summed E-state index contributed by atoms with van der Waals surface area (Å²) in [4.78, 5) is 13.3. The van der Waals surface area contributed by atoms with E-state index >= 15 is 0 Å². The molecule has 98 valence electrons. The van der Waals surface area contributed by atoms with E-state index in [4.69, 9.17) is 4.74 Å². The van der Waals surface area contributed by atoms with E-state index in [1.807, 2.05) is 24.5 Å². The summed E-state index contributed by atoms with van der Waals surface area (Å²) in [6.45, 7) is 0. The van der Waals surface area contributed by atoms with Crippen molar-refractivity contribution in [3.05, 3.63) is 59.4 Å². The predicted molar refractivity (Wildman–Crippen MR) is 74.6 cm³/mol. The number of benzene rings is 2. The second-order valence-corrected chi connectivity index (χ2v) is 4.79. The summed E-state index contributed by atoms with van der Waals surface area (Å²) < 4.78 is 18.2. The van der Waals surface area contributed by atoms with Crippen molar-refractivity contribution in [2.24, 2.45) is 0 Å². The van der Waals surface area contributed by atoms with Crippen molar-refractivity contribution >= 4 is 17.5 Å². The Balaban J connectivity index is 2.38. The fourth-order valence-electron chi connectivity index (χ4n) is 1.73. The van der Waals surface area contributed by atoms with Gasteiger partial charge in [0, 0.05) is 16.0 Å². The van der Waals surface area contributed by atoms with Gasteiger partial charge in [-0.2, -0.15) is 0 Å². The first-order valence-electron chi connectivity index (χ1n) is 5.68. The van der Waals surface area contributed by atoms with E-state index < -0.39 is 5.82 Å². The molecule has 0 atom stereocenters. The third-order valence-electron chi connectivity index (χ3n) is 2.75. The van der Waals surface area contributed by atoms with Crippen molar-refractivity contribution in [3.63, 3.8) is 0 Å². The van der Waals surface area contributed by atoms with Crippen LogP contribution in [-0.4, -0.2) is 19.1 Å². The lowest BCUT2D eigenvalue weighted by Gasteiger charge is -2.06. The number of ether oxygens (including phenoxy) is 1. The van der Waals surface area contributed by atoms with Gasteiger partial charge in [0.25, 0.3) is 0 Å². The average molecular weight is 276 g/mol. The van der Waals surface area contributed by atoms with Gasteiger partial charge in [0.15, 0.2) is 17.3 Å². The maximum absolute atomic E-state index is 13.3. The summed E-state index contributed by atoms with van der Waals surface area (Å²) in [5.74, 6) is -0.544. The van der Waals surface area contributed by atoms with E-state index in [9.17, 15) is 9.18 Å². The highest BCUT2D eigenvalue weighted by Crippen LogP contribution is 2.22. The smallest absolute Gasteiger partial charge is 0.193 e. The molecule has 0 aliphatic rings. The van der Waals surface area contributed by atoms with Crippen molar-refractivity contribution in [1.29, 1.82) is 0 Å². The van der Waals surface area contributed by atoms with Gasteiger partial charge in [-0.3, -0.25) is 4.79 Å². The van der Waals surface area contributed by atoms with E-state index in [0.29, 0.717) is 11.1 Å². The maximum atomic E-state index is 13.3. The minimum Gasteiger partial charge on any atom is -0.494 e. The highest BCUT2D eigenvalue weighted by atomic mass is 32.2. The van der Waals surface area contributed by atoms with Crippen LogP contribution in [0.2, 0.25) is 0 Å². The fraction of sp³-hybridized carbons (Fsp3) is 0.133. The molecule has 19 heavy (non-hydrogen) atoms. The number of rotatable bonds is 4. The van der Waals surface area contributed by atoms with Crippen LogP contribution in [-0.2, 0) is 0 Å². The molecule has 0 amide bonds. The fourth-order valence-corrected chi connectivity index (χ4v) is 2.19. The summed E-state index contributed by atoms with van der Waals surface area (Å²) in [6.07, 6.45) is 1.95. The molecule has 0 bridgehead atoms. The van der Waals surface area contributed by atoms with Crippen LogP contribution >= 0.6 is 11.8 Å². The third kappa shape index (κ3) is 2.96. The number of hydrogen-bond donors (Lipinski definition) is 0. The second kappa shape index (κ2) is 5.89. The quantitative estimate of drug-likeness (QED) is 0.628. The number of hydrogen-bond acceptors (Lipinski definition) is 3. The van der Waals surface area contributed by atoms with Crippen LogP contribution in [0.3, 0.4) is 0 Å². The molecule has 0 N–H and O–H groups in total. The normalized spacial score (nSPS) is 10.3. The summed E-state index contributed by atoms with van der Waals surface area (Å²) in [6, 6.07) is 11.5. The van der Waals surface area contributed by atoms with Gasteiger partial charge in [-0.05, 0) is 36.6 Å². The molecule has 2 aromatic rings. The standard InChI is InChI=1S/C15H13FO2S/c1-18-14-9-11(6-7-13(14)16)15(17)10-4-3-5-12(8-10)19-2/h3-9H,1-2H3. The molecule has 0 aliphatic carbocycles. The first-order valence-corrected chi connectivity index (χ1v) is 6.90. The van der Waals surface area contributed by atoms with Crippen molar-refractivity contribution < 1.29 is 13.9 Å². The number of methoxy groups -OCH3 is 1. The number of carbonyl (C=O) groups is 1. The van der Waals surface area contributed by atoms with E-state index in [1.165, 1.54) is 25.3 Å². The Morgan fingerprint density at radius 2 is 1.89 bits per heavy atom. The Bertz CT molecular complexity index is 611. The zero-order chi connectivity index (χ0) is 13.8. The van der Waals surface area contributed by atoms with Crippen LogP contribution in [0, 0.1) is 5.82 Å². The highest BCUT2D eigenvalue weighted by Gasteiger charge is 2.12. The molecule has 0 unspecified atom stereocenters. The van der Waals surface area contributed by atoms with Crippen molar-refractivity contribution in [3.8, 4) is 5.75 Å². The van der Waals surface area contributed by atoms with Crippen LogP contribution in [0.15, 0.2) is 47.4 Å². The van der Waals surface area contributed by atoms with Gasteiger partial charge >= 0.3 is 0 Å². The summed E-state index contributed by atoms with van der Waals surface area (Å²) >= 11 is 1.57. The average Bonchev–Trinajstić information content (AvgIpc) is 2.47. The summed E-state index contributed by atoms with van der Waals surface area (Å²) in [5, 5.41) is 0. The Morgan fingerprint density at radius 1 is 1.16 bits per heavy atom. The maximum Gasteiger partial charge on any atom is 0.193 e. The van der Waals surface area contributed by atoms with Crippen LogP contribution in [0.5, 0.6) is 5.75 Å². The minimum atomic E-state index is -0.475. The van der Waals surface area contributed by atoms with Crippen molar-refractivity contribution in [2.45, 2.75) is 4.90 Å². The van der Waals surface area contributed by atoms with E-state index in [2.05, 4.69) is 0 Å². The molecule has 0 radical (unpaired) electrons. The molecular weight excluding hydrogens is 263 g/mol. The van der Waals surface area contributed by atoms with E-state index in [-0.39, 0.29) is 11.5 Å². The van der Waals surface area contributed by atoms with Gasteiger partial charge < -0.3 is 4.74 Å². The lowest BCUT2D eigenvalue weighted by atomic mass is 10.0. The van der Waals surface area contributed by atoms with Gasteiger partial charge in [0.1, 0.15) is 0 Å². The molecule has 0 aromatic heterocycles. The molecule has 0 saturated carbocycles. The zero-order valence-corrected chi connectivity index (χ0v) is 11.5. The summed E-state index contributed by atoms with van der Waals surface area (Å²) in [7, 11) is 1.38. The molecule has 0 aliphatic heterocycles. The molecule has 2 aromatic carbocycles. The van der Waals surface area contributed by atoms with Crippen molar-refractivity contribution in [1.82, 2.24) is 0 Å². The molecule has 0 spiro atoms. The molecule has 2 nitrogen and oxygen atoms in total. The first kappa shape index (κ1) is 13.6. The SMILES string of the molecule is COc1cc(C(=O)c2cccc(SC)c2)ccc1F. The predicted octanol–water partition coefficient (Wildman–Crippen LogP) is 3.79. The number of thioether (sulfide) groups is 1. The number of ketones is 1. The van der Waals surface area contributed by atoms with Gasteiger partial charge in [-0.15, -0.1) is 11.8 Å². The summed E-state index contributed by atoms with van der Waals surface area (Å²) in [5.41, 5.74) is 0.997. The van der Waals surface area contributed by atoms with Crippen LogP contribution < -0.4 is 4.74 Å². The topological polar surface area (TPSA) is 26.3 Å². The Morgan fingerprint density at radius 3 is 2.58 bits per heavy atom. The van der Waals surface area contributed by atoms with Crippen LogP contribution in [0.1, 0.15) is 15.9 Å². The van der Waals surface area contributed by atoms with E-state index in [1.54, 1.807) is 17.8 Å². The number of halogens is 1. The molecule has 0 saturated heterocycles. The molecule has 4 heteroatoms. The zero-order valence-electron chi connectivity index (χ0n) is 10.6. The number of carbonyl (C=O) groups excluding carboxylic acids is 1. The molecule has 0 heterocycles. The largest absolute Gasteiger partial charge is 0.494 e. The van der Waals surface area contributed by atoms with Gasteiger partial charge in [0.05, 0.1) is 7.11 Å². The highest BCUT2D eigenvalue weighted by molar-refractivity contribution is 7.98. The Labute approximate surface area is 115 Å². The Hall–Kier alpha value is -1.81. The van der Waals surface area contributed by atoms with Gasteiger partial charge in [0.2, 0.25) is 0 Å². The van der Waals surface area contributed by atoms with Gasteiger partial charge in [-0.1, -0.05) is 12.1 Å².